The third-order valence-corrected chi connectivity index (χ3v) is 11.2. The maximum atomic E-state index is 16.5. The minimum atomic E-state index is -2.59. The van der Waals surface area contributed by atoms with Gasteiger partial charge in [-0.1, -0.05) is 62.8 Å². The van der Waals surface area contributed by atoms with Crippen LogP contribution in [0.1, 0.15) is 86.5 Å². The summed E-state index contributed by atoms with van der Waals surface area (Å²) in [5, 5.41) is 0. The van der Waals surface area contributed by atoms with Crippen molar-refractivity contribution in [3.8, 4) is 11.1 Å². The molecule has 0 aromatic heterocycles. The molecule has 0 bridgehead atoms. The standard InChI is InChI=1S/C39H34F9N/c1-19-11-9-17-23-27(19)39(21-13-5-3-6-14-21,22-15-7-4-8-16-22)28-20(2)12-10-18-24(28)49(23)38-36(47)31(42)26(32(43)37(38)48)25-29(40)33(44)35(46)34(45)30(25)41/h9-12,17-18,21-22H,3-8,13-16H2,1-2H3. The Morgan fingerprint density at radius 2 is 0.816 bits per heavy atom. The third kappa shape index (κ3) is 4.75. The van der Waals surface area contributed by atoms with E-state index in [2.05, 4.69) is 0 Å². The normalized spacial score (nSPS) is 18.1. The van der Waals surface area contributed by atoms with Crippen molar-refractivity contribution in [2.75, 3.05) is 4.90 Å². The zero-order valence-corrected chi connectivity index (χ0v) is 27.0. The van der Waals surface area contributed by atoms with Crippen LogP contribution in [0.5, 0.6) is 0 Å². The average Bonchev–Trinajstić information content (AvgIpc) is 3.11. The van der Waals surface area contributed by atoms with Gasteiger partial charge < -0.3 is 4.90 Å². The minimum Gasteiger partial charge on any atom is -0.304 e. The van der Waals surface area contributed by atoms with E-state index >= 15 is 17.6 Å². The molecule has 4 aromatic carbocycles. The summed E-state index contributed by atoms with van der Waals surface area (Å²) in [7, 11) is 0. The summed E-state index contributed by atoms with van der Waals surface area (Å²) in [5.74, 6) is -21.2. The third-order valence-electron chi connectivity index (χ3n) is 11.2. The lowest BCUT2D eigenvalue weighted by Gasteiger charge is -2.56. The van der Waals surface area contributed by atoms with Gasteiger partial charge in [-0.2, -0.15) is 0 Å². The first-order chi connectivity index (χ1) is 23.4. The summed E-state index contributed by atoms with van der Waals surface area (Å²) in [6.45, 7) is 3.84. The lowest BCUT2D eigenvalue weighted by atomic mass is 9.50. The molecule has 10 heteroatoms. The van der Waals surface area contributed by atoms with E-state index in [1.165, 1.54) is 0 Å². The van der Waals surface area contributed by atoms with Crippen molar-refractivity contribution in [1.29, 1.82) is 0 Å². The van der Waals surface area contributed by atoms with E-state index in [-0.39, 0.29) is 11.8 Å². The average molecular weight is 688 g/mol. The molecular weight excluding hydrogens is 653 g/mol. The number of anilines is 3. The number of hydrogen-bond donors (Lipinski definition) is 0. The molecule has 2 aliphatic carbocycles. The van der Waals surface area contributed by atoms with E-state index in [0.29, 0.717) is 11.4 Å². The van der Waals surface area contributed by atoms with Gasteiger partial charge >= 0.3 is 0 Å². The molecular formula is C39H34F9N. The van der Waals surface area contributed by atoms with Gasteiger partial charge in [0, 0.05) is 5.41 Å². The van der Waals surface area contributed by atoms with Crippen LogP contribution in [-0.4, -0.2) is 0 Å². The Hall–Kier alpha value is -3.95. The van der Waals surface area contributed by atoms with Crippen molar-refractivity contribution >= 4 is 17.1 Å². The Morgan fingerprint density at radius 3 is 1.20 bits per heavy atom. The van der Waals surface area contributed by atoms with E-state index in [4.69, 9.17) is 0 Å². The van der Waals surface area contributed by atoms with Crippen molar-refractivity contribution in [1.82, 2.24) is 0 Å². The molecule has 0 radical (unpaired) electrons. The van der Waals surface area contributed by atoms with Crippen LogP contribution >= 0.6 is 0 Å². The Morgan fingerprint density at radius 1 is 0.469 bits per heavy atom. The van der Waals surface area contributed by atoms with Crippen molar-refractivity contribution in [2.24, 2.45) is 11.8 Å². The van der Waals surface area contributed by atoms with Gasteiger partial charge in [-0.25, -0.2) is 39.5 Å². The molecule has 1 nitrogen and oxygen atoms in total. The summed E-state index contributed by atoms with van der Waals surface area (Å²) in [6, 6.07) is 10.5. The predicted octanol–water partition coefficient (Wildman–Crippen LogP) is 12.5. The topological polar surface area (TPSA) is 3.24 Å². The molecule has 7 rings (SSSR count). The lowest BCUT2D eigenvalue weighted by molar-refractivity contribution is 0.132. The number of rotatable bonds is 4. The van der Waals surface area contributed by atoms with Crippen LogP contribution in [0.4, 0.5) is 56.6 Å². The zero-order valence-electron chi connectivity index (χ0n) is 27.0. The van der Waals surface area contributed by atoms with E-state index in [0.717, 1.165) is 91.4 Å². The van der Waals surface area contributed by atoms with Gasteiger partial charge in [0.25, 0.3) is 0 Å². The highest BCUT2D eigenvalue weighted by atomic mass is 19.2. The maximum Gasteiger partial charge on any atom is 0.200 e. The predicted molar refractivity (Wildman–Crippen MR) is 170 cm³/mol. The number of aryl methyl sites for hydroxylation is 2. The van der Waals surface area contributed by atoms with Crippen LogP contribution in [0.25, 0.3) is 11.1 Å². The molecule has 3 aliphatic rings. The molecule has 0 N–H and O–H groups in total. The molecule has 258 valence electrons. The fourth-order valence-electron chi connectivity index (χ4n) is 9.38. The molecule has 2 saturated carbocycles. The highest BCUT2D eigenvalue weighted by molar-refractivity contribution is 5.89. The summed E-state index contributed by atoms with van der Waals surface area (Å²) in [6.07, 6.45) is 9.98. The highest BCUT2D eigenvalue weighted by Crippen LogP contribution is 2.64. The molecule has 0 amide bonds. The number of halogens is 9. The second-order valence-corrected chi connectivity index (χ2v) is 13.7. The van der Waals surface area contributed by atoms with Crippen molar-refractivity contribution < 1.29 is 39.5 Å². The molecule has 4 aromatic rings. The zero-order chi connectivity index (χ0) is 34.9. The fraction of sp³-hybridized carbons (Fsp3) is 0.385. The summed E-state index contributed by atoms with van der Waals surface area (Å²) >= 11 is 0. The summed E-state index contributed by atoms with van der Waals surface area (Å²) in [5.41, 5.74) is -1.96. The monoisotopic (exact) mass is 687 g/mol. The van der Waals surface area contributed by atoms with Gasteiger partial charge in [0.1, 0.15) is 5.69 Å². The molecule has 1 aliphatic heterocycles. The molecule has 0 unspecified atom stereocenters. The second-order valence-electron chi connectivity index (χ2n) is 13.7. The van der Waals surface area contributed by atoms with Crippen LogP contribution in [0.3, 0.4) is 0 Å². The van der Waals surface area contributed by atoms with Crippen LogP contribution in [0, 0.1) is 78.0 Å². The maximum absolute atomic E-state index is 16.5. The van der Waals surface area contributed by atoms with Gasteiger partial charge in [0.05, 0.1) is 22.5 Å². The van der Waals surface area contributed by atoms with Gasteiger partial charge in [-0.15, -0.1) is 0 Å². The first-order valence-electron chi connectivity index (χ1n) is 16.8. The van der Waals surface area contributed by atoms with Gasteiger partial charge in [-0.05, 0) is 85.8 Å². The highest BCUT2D eigenvalue weighted by Gasteiger charge is 2.55. The second kappa shape index (κ2) is 12.4. The summed E-state index contributed by atoms with van der Waals surface area (Å²) < 4.78 is 137. The Bertz CT molecular complexity index is 1840. The molecule has 49 heavy (non-hydrogen) atoms. The molecule has 1 heterocycles. The van der Waals surface area contributed by atoms with E-state index in [9.17, 15) is 22.0 Å². The van der Waals surface area contributed by atoms with Crippen LogP contribution in [0.15, 0.2) is 36.4 Å². The quantitative estimate of drug-likeness (QED) is 0.117. The van der Waals surface area contributed by atoms with Crippen molar-refractivity contribution in [3.63, 3.8) is 0 Å². The van der Waals surface area contributed by atoms with Gasteiger partial charge in [-0.3, -0.25) is 0 Å². The smallest absolute Gasteiger partial charge is 0.200 e. The van der Waals surface area contributed by atoms with Crippen molar-refractivity contribution in [3.05, 3.63) is 111 Å². The molecule has 0 saturated heterocycles. The molecule has 2 fully saturated rings. The van der Waals surface area contributed by atoms with E-state index in [1.54, 1.807) is 24.3 Å². The molecule has 0 atom stereocenters. The first-order valence-corrected chi connectivity index (χ1v) is 16.8. The number of nitrogens with zero attached hydrogens (tertiary/aromatic N) is 1. The van der Waals surface area contributed by atoms with Crippen LogP contribution < -0.4 is 4.90 Å². The summed E-state index contributed by atoms with van der Waals surface area (Å²) in [4.78, 5) is 1.12. The lowest BCUT2D eigenvalue weighted by Crippen LogP contribution is -2.49. The first kappa shape index (κ1) is 33.5. The SMILES string of the molecule is Cc1cccc2c1C(C1CCCCC1)(C1CCCCC1)c1c(C)cccc1N2c1c(F)c(F)c(-c2c(F)c(F)c(F)c(F)c2F)c(F)c1F. The number of benzene rings is 4. The van der Waals surface area contributed by atoms with E-state index in [1.807, 2.05) is 26.0 Å². The van der Waals surface area contributed by atoms with E-state index < -0.39 is 74.6 Å². The molecule has 0 spiro atoms. The Kier molecular flexibility index (Phi) is 8.51. The van der Waals surface area contributed by atoms with Crippen LogP contribution in [0.2, 0.25) is 0 Å². The fourth-order valence-corrected chi connectivity index (χ4v) is 9.38. The Balaban J connectivity index is 1.56. The largest absolute Gasteiger partial charge is 0.304 e. The van der Waals surface area contributed by atoms with Crippen LogP contribution in [-0.2, 0) is 5.41 Å². The number of fused-ring (bicyclic) bond motifs is 2. The number of hydrogen-bond acceptors (Lipinski definition) is 1. The van der Waals surface area contributed by atoms with Gasteiger partial charge in [0.15, 0.2) is 46.5 Å². The van der Waals surface area contributed by atoms with Gasteiger partial charge in [0.2, 0.25) is 5.82 Å². The Labute approximate surface area is 278 Å². The minimum absolute atomic E-state index is 0.172. The van der Waals surface area contributed by atoms with Crippen molar-refractivity contribution in [2.45, 2.75) is 83.5 Å².